The minimum Gasteiger partial charge on any atom is -0.322 e. The lowest BCUT2D eigenvalue weighted by Gasteiger charge is -2.26. The van der Waals surface area contributed by atoms with Crippen LogP contribution in [-0.2, 0) is 16.6 Å². The molecule has 8 nitrogen and oxygen atoms in total. The molecule has 0 radical (unpaired) electrons. The number of anilines is 2. The zero-order valence-electron chi connectivity index (χ0n) is 25.1. The van der Waals surface area contributed by atoms with Crippen LogP contribution < -0.4 is 15.0 Å². The number of benzene rings is 5. The van der Waals surface area contributed by atoms with Gasteiger partial charge in [0.1, 0.15) is 0 Å². The highest BCUT2D eigenvalue weighted by Gasteiger charge is 2.26. The van der Waals surface area contributed by atoms with Crippen LogP contribution in [0.25, 0.3) is 0 Å². The van der Waals surface area contributed by atoms with E-state index in [4.69, 9.17) is 11.6 Å². The Morgan fingerprint density at radius 2 is 1.37 bits per heavy atom. The molecular formula is C36H31ClN4O4S. The summed E-state index contributed by atoms with van der Waals surface area (Å²) < 4.78 is 28.8. The van der Waals surface area contributed by atoms with E-state index in [0.29, 0.717) is 38.8 Å². The summed E-state index contributed by atoms with van der Waals surface area (Å²) >= 11 is 6.26. The van der Waals surface area contributed by atoms with Crippen LogP contribution in [0.1, 0.15) is 44.3 Å². The Hall–Kier alpha value is -5.25. The number of carbonyl (C=O) groups excluding carboxylic acids is 2. The van der Waals surface area contributed by atoms with Crippen LogP contribution in [0.3, 0.4) is 0 Å². The van der Waals surface area contributed by atoms with Crippen LogP contribution in [0.2, 0.25) is 5.02 Å². The van der Waals surface area contributed by atoms with Gasteiger partial charge < -0.3 is 5.32 Å². The second-order valence-corrected chi connectivity index (χ2v) is 12.8. The molecule has 0 heterocycles. The Bertz CT molecular complexity index is 2000. The zero-order valence-corrected chi connectivity index (χ0v) is 26.7. The number of nitrogens with one attached hydrogen (secondary N) is 2. The van der Waals surface area contributed by atoms with Gasteiger partial charge in [-0.3, -0.25) is 13.9 Å². The fraction of sp³-hybridized carbons (Fsp3) is 0.0833. The normalized spacial score (nSPS) is 11.5. The summed E-state index contributed by atoms with van der Waals surface area (Å²) in [7, 11) is -3.93. The highest BCUT2D eigenvalue weighted by atomic mass is 35.5. The molecule has 232 valence electrons. The topological polar surface area (TPSA) is 108 Å². The summed E-state index contributed by atoms with van der Waals surface area (Å²) in [6.07, 6.45) is 0. The number of nitrogens with zero attached hydrogens (tertiary/aromatic N) is 2. The molecule has 0 aliphatic heterocycles. The van der Waals surface area contributed by atoms with Gasteiger partial charge in [-0.25, -0.2) is 13.8 Å². The number of aryl methyl sites for hydroxylation is 1. The minimum atomic E-state index is -3.93. The predicted molar refractivity (Wildman–Crippen MR) is 183 cm³/mol. The number of carbonyl (C=O) groups is 2. The fourth-order valence-electron chi connectivity index (χ4n) is 4.68. The lowest BCUT2D eigenvalue weighted by atomic mass is 10.1. The van der Waals surface area contributed by atoms with Crippen LogP contribution >= 0.6 is 11.6 Å². The molecule has 0 saturated heterocycles. The Morgan fingerprint density at radius 3 is 2.07 bits per heavy atom. The van der Waals surface area contributed by atoms with Crippen molar-refractivity contribution >= 4 is 50.5 Å². The highest BCUT2D eigenvalue weighted by molar-refractivity contribution is 7.92. The molecule has 0 aromatic heterocycles. The van der Waals surface area contributed by atoms with E-state index in [1.54, 1.807) is 122 Å². The molecule has 5 rings (SSSR count). The monoisotopic (exact) mass is 650 g/mol. The van der Waals surface area contributed by atoms with E-state index < -0.39 is 15.9 Å². The van der Waals surface area contributed by atoms with Gasteiger partial charge in [0.25, 0.3) is 21.8 Å². The van der Waals surface area contributed by atoms with Crippen molar-refractivity contribution in [3.63, 3.8) is 0 Å². The molecule has 0 aliphatic carbocycles. The Balaban J connectivity index is 1.29. The van der Waals surface area contributed by atoms with Gasteiger partial charge >= 0.3 is 0 Å². The Kier molecular flexibility index (Phi) is 9.95. The number of hydrogen-bond acceptors (Lipinski definition) is 5. The van der Waals surface area contributed by atoms with Gasteiger partial charge in [-0.05, 0) is 91.2 Å². The molecule has 0 bridgehead atoms. The summed E-state index contributed by atoms with van der Waals surface area (Å²) in [6, 6.07) is 36.1. The third-order valence-electron chi connectivity index (χ3n) is 7.21. The molecule has 0 aliphatic rings. The lowest BCUT2D eigenvalue weighted by molar-refractivity contribution is 0.0954. The van der Waals surface area contributed by atoms with E-state index in [1.165, 1.54) is 4.31 Å². The van der Waals surface area contributed by atoms with Gasteiger partial charge in [0.2, 0.25) is 0 Å². The molecule has 0 saturated carbocycles. The average molecular weight is 651 g/mol. The van der Waals surface area contributed by atoms with Crippen molar-refractivity contribution in [2.75, 3.05) is 9.62 Å². The van der Waals surface area contributed by atoms with Crippen LogP contribution in [-0.4, -0.2) is 25.9 Å². The Morgan fingerprint density at radius 1 is 0.739 bits per heavy atom. The smallest absolute Gasteiger partial charge is 0.271 e. The first kappa shape index (κ1) is 32.2. The first-order chi connectivity index (χ1) is 22.1. The maximum atomic E-state index is 13.8. The van der Waals surface area contributed by atoms with E-state index in [9.17, 15) is 18.0 Å². The number of halogens is 1. The van der Waals surface area contributed by atoms with E-state index in [-0.39, 0.29) is 17.3 Å². The van der Waals surface area contributed by atoms with Crippen molar-refractivity contribution in [3.8, 4) is 0 Å². The molecule has 0 atom stereocenters. The molecule has 2 N–H and O–H groups in total. The van der Waals surface area contributed by atoms with Crippen molar-refractivity contribution in [3.05, 3.63) is 160 Å². The molecule has 10 heteroatoms. The largest absolute Gasteiger partial charge is 0.322 e. The molecular weight excluding hydrogens is 620 g/mol. The molecule has 2 amide bonds. The number of hydrogen-bond donors (Lipinski definition) is 2. The summed E-state index contributed by atoms with van der Waals surface area (Å²) in [5, 5.41) is 7.53. The van der Waals surface area contributed by atoms with Gasteiger partial charge in [-0.2, -0.15) is 5.10 Å². The fourth-order valence-corrected chi connectivity index (χ4v) is 6.37. The lowest BCUT2D eigenvalue weighted by Crippen LogP contribution is -2.31. The standard InChI is InChI=1S/C36H31ClN4O4S/c1-25-16-21-31(37)23-34(25)41(46(44,45)33-14-7-4-8-15-33)24-27-17-19-29(20-18-27)36(43)40-39-26(2)30-12-9-13-32(22-30)38-35(42)28-10-5-3-6-11-28/h3-23H,24H2,1-2H3,(H,38,42)(H,40,43)/b39-26-. The van der Waals surface area contributed by atoms with E-state index in [2.05, 4.69) is 15.8 Å². The van der Waals surface area contributed by atoms with Crippen molar-refractivity contribution in [2.45, 2.75) is 25.3 Å². The van der Waals surface area contributed by atoms with Gasteiger partial charge in [0.05, 0.1) is 22.8 Å². The van der Waals surface area contributed by atoms with Crippen molar-refractivity contribution in [1.29, 1.82) is 0 Å². The summed E-state index contributed by atoms with van der Waals surface area (Å²) in [4.78, 5) is 25.6. The molecule has 0 fully saturated rings. The van der Waals surface area contributed by atoms with Crippen molar-refractivity contribution < 1.29 is 18.0 Å². The number of sulfonamides is 1. The van der Waals surface area contributed by atoms with Crippen molar-refractivity contribution in [2.24, 2.45) is 5.10 Å². The first-order valence-corrected chi connectivity index (χ1v) is 16.2. The predicted octanol–water partition coefficient (Wildman–Crippen LogP) is 7.45. The minimum absolute atomic E-state index is 0.0225. The SMILES string of the molecule is C/C(=N/NC(=O)c1ccc(CN(c2cc(Cl)ccc2C)S(=O)(=O)c2ccccc2)cc1)c1cccc(NC(=O)c2ccccc2)c1. The number of hydrazone groups is 1. The third-order valence-corrected chi connectivity index (χ3v) is 9.22. The zero-order chi connectivity index (χ0) is 32.7. The second kappa shape index (κ2) is 14.2. The van der Waals surface area contributed by atoms with Gasteiger partial charge in [0, 0.05) is 21.8 Å². The van der Waals surface area contributed by atoms with Crippen molar-refractivity contribution in [1.82, 2.24) is 5.43 Å². The first-order valence-electron chi connectivity index (χ1n) is 14.4. The number of rotatable bonds is 10. The van der Waals surface area contributed by atoms with Gasteiger partial charge in [-0.15, -0.1) is 0 Å². The summed E-state index contributed by atoms with van der Waals surface area (Å²) in [5.74, 6) is -0.661. The average Bonchev–Trinajstić information content (AvgIpc) is 3.08. The maximum absolute atomic E-state index is 13.8. The Labute approximate surface area is 273 Å². The molecule has 5 aromatic rings. The van der Waals surface area contributed by atoms with E-state index in [1.807, 2.05) is 19.1 Å². The molecule has 0 spiro atoms. The summed E-state index contributed by atoms with van der Waals surface area (Å²) in [5.41, 5.74) is 7.20. The molecule has 5 aromatic carbocycles. The molecule has 46 heavy (non-hydrogen) atoms. The second-order valence-electron chi connectivity index (χ2n) is 10.5. The van der Waals surface area contributed by atoms with E-state index in [0.717, 1.165) is 11.1 Å². The van der Waals surface area contributed by atoms with Crippen LogP contribution in [0.4, 0.5) is 11.4 Å². The van der Waals surface area contributed by atoms with Gasteiger partial charge in [0.15, 0.2) is 0 Å². The van der Waals surface area contributed by atoms with E-state index >= 15 is 0 Å². The number of amides is 2. The molecule has 0 unspecified atom stereocenters. The van der Waals surface area contributed by atoms with Crippen LogP contribution in [0.15, 0.2) is 137 Å². The maximum Gasteiger partial charge on any atom is 0.271 e. The van der Waals surface area contributed by atoms with Crippen LogP contribution in [0.5, 0.6) is 0 Å². The quantitative estimate of drug-likeness (QED) is 0.121. The highest BCUT2D eigenvalue weighted by Crippen LogP contribution is 2.31. The summed E-state index contributed by atoms with van der Waals surface area (Å²) in [6.45, 7) is 3.60. The third kappa shape index (κ3) is 7.69. The van der Waals surface area contributed by atoms with Gasteiger partial charge in [-0.1, -0.05) is 78.3 Å². The van der Waals surface area contributed by atoms with Crippen LogP contribution in [0, 0.1) is 6.92 Å².